The van der Waals surface area contributed by atoms with Crippen molar-refractivity contribution in [3.05, 3.63) is 39.2 Å². The van der Waals surface area contributed by atoms with Gasteiger partial charge in [0.1, 0.15) is 10.9 Å². The van der Waals surface area contributed by atoms with E-state index in [1.807, 2.05) is 30.3 Å². The van der Waals surface area contributed by atoms with Crippen LogP contribution in [0.3, 0.4) is 0 Å². The second-order valence-electron chi connectivity index (χ2n) is 9.07. The molecular weight excluding hydrogens is 468 g/mol. The molecule has 2 amide bonds. The third-order valence-electron chi connectivity index (χ3n) is 6.76. The van der Waals surface area contributed by atoms with Crippen molar-refractivity contribution >= 4 is 62.1 Å². The zero-order valence-electron chi connectivity index (χ0n) is 16.0. The van der Waals surface area contributed by atoms with Crippen LogP contribution in [0.1, 0.15) is 44.1 Å². The van der Waals surface area contributed by atoms with Gasteiger partial charge in [-0.2, -0.15) is 0 Å². The van der Waals surface area contributed by atoms with Crippen molar-refractivity contribution in [2.45, 2.75) is 44.1 Å². The van der Waals surface area contributed by atoms with Crippen molar-refractivity contribution < 1.29 is 9.59 Å². The molecule has 0 aromatic heterocycles. The average molecular weight is 491 g/mol. The van der Waals surface area contributed by atoms with Crippen molar-refractivity contribution in [2.75, 3.05) is 6.54 Å². The zero-order valence-corrected chi connectivity index (χ0v) is 19.2. The Hall–Kier alpha value is -1.18. The molecule has 29 heavy (non-hydrogen) atoms. The smallest absolute Gasteiger partial charge is 0.266 e. The molecular formula is C22H23BrN2O2S2. The normalized spacial score (nSPS) is 34.3. The molecule has 4 nitrogen and oxygen atoms in total. The number of carbonyl (C=O) groups is 2. The fourth-order valence-electron chi connectivity index (χ4n) is 6.13. The van der Waals surface area contributed by atoms with Gasteiger partial charge in [-0.15, -0.1) is 0 Å². The lowest BCUT2D eigenvalue weighted by Crippen LogP contribution is -2.61. The van der Waals surface area contributed by atoms with Crippen molar-refractivity contribution in [1.29, 1.82) is 0 Å². The summed E-state index contributed by atoms with van der Waals surface area (Å²) < 4.78 is 1.41. The van der Waals surface area contributed by atoms with E-state index in [4.69, 9.17) is 12.2 Å². The minimum Gasteiger partial charge on any atom is -0.349 e. The predicted octanol–water partition coefficient (Wildman–Crippen LogP) is 4.74. The Bertz CT molecular complexity index is 894. The minimum atomic E-state index is -0.180. The molecule has 1 aromatic rings. The molecule has 7 heteroatoms. The number of benzene rings is 1. The van der Waals surface area contributed by atoms with E-state index in [0.717, 1.165) is 47.1 Å². The predicted molar refractivity (Wildman–Crippen MR) is 123 cm³/mol. The summed E-state index contributed by atoms with van der Waals surface area (Å²) in [5.74, 6) is 2.05. The molecule has 4 bridgehead atoms. The number of halogens is 1. The molecule has 4 saturated carbocycles. The number of thioether (sulfide) groups is 1. The second kappa shape index (κ2) is 7.50. The molecule has 0 spiro atoms. The molecule has 5 fully saturated rings. The van der Waals surface area contributed by atoms with Gasteiger partial charge in [-0.1, -0.05) is 52.0 Å². The highest BCUT2D eigenvalue weighted by Crippen LogP contribution is 2.55. The van der Waals surface area contributed by atoms with Crippen LogP contribution < -0.4 is 5.32 Å². The van der Waals surface area contributed by atoms with E-state index in [1.54, 1.807) is 0 Å². The first-order valence-corrected chi connectivity index (χ1v) is 12.2. The van der Waals surface area contributed by atoms with E-state index >= 15 is 0 Å². The van der Waals surface area contributed by atoms with Crippen LogP contribution in [-0.4, -0.2) is 33.1 Å². The summed E-state index contributed by atoms with van der Waals surface area (Å²) >= 11 is 10.1. The van der Waals surface area contributed by atoms with Crippen LogP contribution >= 0.6 is 39.9 Å². The highest BCUT2D eigenvalue weighted by Gasteiger charge is 2.51. The van der Waals surface area contributed by atoms with Gasteiger partial charge in [-0.3, -0.25) is 14.5 Å². The molecule has 152 valence electrons. The van der Waals surface area contributed by atoms with Crippen molar-refractivity contribution in [3.8, 4) is 0 Å². The van der Waals surface area contributed by atoms with Crippen LogP contribution in [0, 0.1) is 17.8 Å². The Labute approximate surface area is 189 Å². The maximum absolute atomic E-state index is 12.9. The van der Waals surface area contributed by atoms with Gasteiger partial charge in [-0.25, -0.2) is 0 Å². The quantitative estimate of drug-likeness (QED) is 0.489. The van der Waals surface area contributed by atoms with Gasteiger partial charge in [0.25, 0.3) is 5.91 Å². The first-order chi connectivity index (χ1) is 13.9. The number of nitrogens with one attached hydrogen (secondary N) is 1. The fourth-order valence-corrected chi connectivity index (χ4v) is 7.80. The third kappa shape index (κ3) is 3.93. The van der Waals surface area contributed by atoms with Gasteiger partial charge in [0.05, 0.1) is 4.91 Å². The lowest BCUT2D eigenvalue weighted by atomic mass is 9.53. The Kier molecular flexibility index (Phi) is 5.11. The summed E-state index contributed by atoms with van der Waals surface area (Å²) in [6.45, 7) is 0.0161. The average Bonchev–Trinajstić information content (AvgIpc) is 2.87. The Balaban J connectivity index is 1.26. The Morgan fingerprint density at radius 3 is 2.52 bits per heavy atom. The van der Waals surface area contributed by atoms with Gasteiger partial charge >= 0.3 is 0 Å². The van der Waals surface area contributed by atoms with Gasteiger partial charge in [-0.05, 0) is 80.1 Å². The summed E-state index contributed by atoms with van der Waals surface area (Å²) in [6, 6.07) is 7.76. The van der Waals surface area contributed by atoms with Crippen molar-refractivity contribution in [1.82, 2.24) is 10.2 Å². The van der Waals surface area contributed by atoms with E-state index in [0.29, 0.717) is 9.23 Å². The molecule has 1 aromatic carbocycles. The van der Waals surface area contributed by atoms with E-state index in [9.17, 15) is 9.59 Å². The minimum absolute atomic E-state index is 0.0161. The Morgan fingerprint density at radius 1 is 1.24 bits per heavy atom. The number of amides is 2. The van der Waals surface area contributed by atoms with Gasteiger partial charge < -0.3 is 5.32 Å². The molecule has 4 aliphatic carbocycles. The van der Waals surface area contributed by atoms with Crippen LogP contribution in [0.15, 0.2) is 33.6 Å². The fraction of sp³-hybridized carbons (Fsp3) is 0.500. The van der Waals surface area contributed by atoms with Gasteiger partial charge in [0.2, 0.25) is 5.91 Å². The van der Waals surface area contributed by atoms with E-state index < -0.39 is 0 Å². The number of thiocarbonyl (C=S) groups is 1. The molecule has 1 N–H and O–H groups in total. The maximum Gasteiger partial charge on any atom is 0.266 e. The molecule has 0 unspecified atom stereocenters. The highest BCUT2D eigenvalue weighted by molar-refractivity contribution is 9.10. The first kappa shape index (κ1) is 19.8. The number of carbonyl (C=O) groups excluding carboxylic acids is 2. The third-order valence-corrected chi connectivity index (χ3v) is 8.64. The number of rotatable bonds is 4. The highest BCUT2D eigenvalue weighted by atomic mass is 79.9. The summed E-state index contributed by atoms with van der Waals surface area (Å²) in [5, 5.41) is 3.34. The standard InChI is InChI=1S/C22H23BrN2O2S2/c23-17-3-1-2-13(7-17)8-18-20(27)25(21(28)29-18)12-19(26)24-22-9-14-4-15(10-22)6-16(5-14)11-22/h1-3,7-8,14-16H,4-6,9-12H2,(H,24,26). The van der Waals surface area contributed by atoms with Crippen molar-refractivity contribution in [2.24, 2.45) is 17.8 Å². The SMILES string of the molecule is O=C(CN1C(=O)C(=Cc2cccc(Br)c2)SC1=S)NC12CC3CC(CC(C3)C1)C2. The second-order valence-corrected chi connectivity index (χ2v) is 11.7. The summed E-state index contributed by atoms with van der Waals surface area (Å²) in [4.78, 5) is 27.8. The van der Waals surface area contributed by atoms with Crippen LogP contribution in [0.4, 0.5) is 0 Å². The van der Waals surface area contributed by atoms with Crippen LogP contribution in [0.2, 0.25) is 0 Å². The molecule has 1 heterocycles. The lowest BCUT2D eigenvalue weighted by Gasteiger charge is -2.57. The summed E-state index contributed by atoms with van der Waals surface area (Å²) in [5.41, 5.74) is 0.885. The molecule has 1 aliphatic heterocycles. The zero-order chi connectivity index (χ0) is 20.2. The largest absolute Gasteiger partial charge is 0.349 e. The lowest BCUT2D eigenvalue weighted by molar-refractivity contribution is -0.132. The van der Waals surface area contributed by atoms with Crippen LogP contribution in [0.5, 0.6) is 0 Å². The first-order valence-electron chi connectivity index (χ1n) is 10.2. The topological polar surface area (TPSA) is 49.4 Å². The number of hydrogen-bond donors (Lipinski definition) is 1. The Morgan fingerprint density at radius 2 is 1.90 bits per heavy atom. The molecule has 5 aliphatic rings. The molecule has 6 rings (SSSR count). The van der Waals surface area contributed by atoms with Gasteiger partial charge in [0.15, 0.2) is 0 Å². The molecule has 1 saturated heterocycles. The van der Waals surface area contributed by atoms with Crippen molar-refractivity contribution in [3.63, 3.8) is 0 Å². The monoisotopic (exact) mass is 490 g/mol. The van der Waals surface area contributed by atoms with Gasteiger partial charge in [0, 0.05) is 10.0 Å². The van der Waals surface area contributed by atoms with E-state index in [2.05, 4.69) is 21.2 Å². The summed E-state index contributed by atoms with van der Waals surface area (Å²) in [6.07, 6.45) is 9.16. The molecule has 0 atom stereocenters. The van der Waals surface area contributed by atoms with E-state index in [-0.39, 0.29) is 23.9 Å². The van der Waals surface area contributed by atoms with Crippen LogP contribution in [0.25, 0.3) is 6.08 Å². The molecule has 0 radical (unpaired) electrons. The van der Waals surface area contributed by atoms with E-state index in [1.165, 1.54) is 35.9 Å². The summed E-state index contributed by atoms with van der Waals surface area (Å²) in [7, 11) is 0. The van der Waals surface area contributed by atoms with Crippen LogP contribution in [-0.2, 0) is 9.59 Å². The maximum atomic E-state index is 12.9. The number of nitrogens with zero attached hydrogens (tertiary/aromatic N) is 1. The number of hydrogen-bond acceptors (Lipinski definition) is 4.